The summed E-state index contributed by atoms with van der Waals surface area (Å²) in [5.41, 5.74) is 2.20. The third-order valence-electron chi connectivity index (χ3n) is 5.61. The molecular weight excluding hydrogens is 417 g/mol. The van der Waals surface area contributed by atoms with E-state index in [0.29, 0.717) is 24.7 Å². The Bertz CT molecular complexity index is 1100. The maximum Gasteiger partial charge on any atom is 0.254 e. The van der Waals surface area contributed by atoms with E-state index in [0.717, 1.165) is 11.3 Å². The largest absolute Gasteiger partial charge is 0.348 e. The first kappa shape index (κ1) is 21.1. The minimum atomic E-state index is -0.479. The van der Waals surface area contributed by atoms with Crippen molar-refractivity contribution in [1.82, 2.24) is 14.4 Å². The molecule has 3 aromatic rings. The molecule has 1 aromatic heterocycles. The van der Waals surface area contributed by atoms with Crippen LogP contribution in [-0.4, -0.2) is 45.8 Å². The van der Waals surface area contributed by atoms with Crippen LogP contribution < -0.4 is 0 Å². The molecule has 0 saturated carbocycles. The predicted molar refractivity (Wildman–Crippen MR) is 117 cm³/mol. The second-order valence-electron chi connectivity index (χ2n) is 7.50. The lowest BCUT2D eigenvalue weighted by Gasteiger charge is -2.38. The van der Waals surface area contributed by atoms with Gasteiger partial charge in [0.1, 0.15) is 12.4 Å². The molecule has 0 aliphatic carbocycles. The molecule has 2 heterocycles. The van der Waals surface area contributed by atoms with Gasteiger partial charge in [-0.3, -0.25) is 9.59 Å². The summed E-state index contributed by atoms with van der Waals surface area (Å²) in [4.78, 5) is 29.5. The highest BCUT2D eigenvalue weighted by atomic mass is 35.5. The Hall–Kier alpha value is -3.12. The zero-order chi connectivity index (χ0) is 22.0. The Kier molecular flexibility index (Phi) is 6.09. The second-order valence-corrected chi connectivity index (χ2v) is 7.93. The lowest BCUT2D eigenvalue weighted by molar-refractivity contribution is -0.134. The maximum absolute atomic E-state index is 13.6. The molecule has 1 aliphatic rings. The maximum atomic E-state index is 13.6. The standard InChI is InChI=1S/C24H23ClFN3O2/c1-2-27(24(31)18-5-3-6-20(26)15-18)16-22(30)29-14-13-28-12-4-7-21(28)23(29)17-8-10-19(25)11-9-17/h3-12,15,23H,2,13-14,16H2,1H3/t23-/m1/s1. The van der Waals surface area contributed by atoms with E-state index in [4.69, 9.17) is 11.6 Å². The molecule has 4 rings (SSSR count). The molecule has 0 saturated heterocycles. The highest BCUT2D eigenvalue weighted by Gasteiger charge is 2.33. The van der Waals surface area contributed by atoms with Crippen LogP contribution in [0.5, 0.6) is 0 Å². The first-order chi connectivity index (χ1) is 15.0. The van der Waals surface area contributed by atoms with Crippen molar-refractivity contribution in [2.75, 3.05) is 19.6 Å². The molecular formula is C24H23ClFN3O2. The zero-order valence-electron chi connectivity index (χ0n) is 17.2. The Morgan fingerprint density at radius 3 is 2.58 bits per heavy atom. The average molecular weight is 440 g/mol. The van der Waals surface area contributed by atoms with Crippen LogP contribution in [0.25, 0.3) is 0 Å². The van der Waals surface area contributed by atoms with Gasteiger partial charge in [0.15, 0.2) is 0 Å². The van der Waals surface area contributed by atoms with Crippen LogP contribution in [-0.2, 0) is 11.3 Å². The Balaban J connectivity index is 1.60. The van der Waals surface area contributed by atoms with Gasteiger partial charge in [0.25, 0.3) is 5.91 Å². The van der Waals surface area contributed by atoms with Crippen molar-refractivity contribution in [3.63, 3.8) is 0 Å². The summed E-state index contributed by atoms with van der Waals surface area (Å²) in [5, 5.41) is 0.630. The summed E-state index contributed by atoms with van der Waals surface area (Å²) >= 11 is 6.06. The molecule has 0 fully saturated rings. The number of aromatic nitrogens is 1. The van der Waals surface area contributed by atoms with Crippen LogP contribution in [0.2, 0.25) is 5.02 Å². The number of amides is 2. The number of nitrogens with zero attached hydrogens (tertiary/aromatic N) is 3. The quantitative estimate of drug-likeness (QED) is 0.592. The van der Waals surface area contributed by atoms with E-state index in [9.17, 15) is 14.0 Å². The van der Waals surface area contributed by atoms with Gasteiger partial charge in [0.05, 0.1) is 6.04 Å². The third kappa shape index (κ3) is 4.35. The first-order valence-electron chi connectivity index (χ1n) is 10.2. The van der Waals surface area contributed by atoms with Crippen molar-refractivity contribution in [3.8, 4) is 0 Å². The number of fused-ring (bicyclic) bond motifs is 1. The molecule has 7 heteroatoms. The van der Waals surface area contributed by atoms with Gasteiger partial charge in [-0.1, -0.05) is 29.8 Å². The highest BCUT2D eigenvalue weighted by Crippen LogP contribution is 2.33. The van der Waals surface area contributed by atoms with Crippen molar-refractivity contribution in [3.05, 3.63) is 94.5 Å². The van der Waals surface area contributed by atoms with Crippen LogP contribution in [0.4, 0.5) is 4.39 Å². The number of carbonyl (C=O) groups excluding carboxylic acids is 2. The molecule has 0 radical (unpaired) electrons. The molecule has 31 heavy (non-hydrogen) atoms. The van der Waals surface area contributed by atoms with Gasteiger partial charge in [0.2, 0.25) is 5.91 Å². The number of carbonyl (C=O) groups is 2. The van der Waals surface area contributed by atoms with Gasteiger partial charge >= 0.3 is 0 Å². The summed E-state index contributed by atoms with van der Waals surface area (Å²) in [6.07, 6.45) is 2.01. The molecule has 1 aliphatic heterocycles. The molecule has 1 atom stereocenters. The van der Waals surface area contributed by atoms with E-state index < -0.39 is 5.82 Å². The Morgan fingerprint density at radius 2 is 1.87 bits per heavy atom. The van der Waals surface area contributed by atoms with Crippen LogP contribution in [0.1, 0.15) is 34.6 Å². The van der Waals surface area contributed by atoms with E-state index in [1.807, 2.05) is 49.5 Å². The van der Waals surface area contributed by atoms with E-state index >= 15 is 0 Å². The summed E-state index contributed by atoms with van der Waals surface area (Å²) < 4.78 is 15.7. The SMILES string of the molecule is CCN(CC(=O)N1CCn2cccc2[C@H]1c1ccc(Cl)cc1)C(=O)c1cccc(F)c1. The number of rotatable bonds is 5. The van der Waals surface area contributed by atoms with Crippen molar-refractivity contribution in [2.24, 2.45) is 0 Å². The van der Waals surface area contributed by atoms with Gasteiger partial charge in [-0.2, -0.15) is 0 Å². The van der Waals surface area contributed by atoms with E-state index in [1.54, 1.807) is 11.0 Å². The number of benzene rings is 2. The van der Waals surface area contributed by atoms with Crippen molar-refractivity contribution in [2.45, 2.75) is 19.5 Å². The molecule has 0 N–H and O–H groups in total. The second kappa shape index (κ2) is 8.94. The third-order valence-corrected chi connectivity index (χ3v) is 5.86. The Morgan fingerprint density at radius 1 is 1.10 bits per heavy atom. The van der Waals surface area contributed by atoms with E-state index in [-0.39, 0.29) is 30.0 Å². The van der Waals surface area contributed by atoms with Gasteiger partial charge in [0, 0.05) is 42.1 Å². The predicted octanol–water partition coefficient (Wildman–Crippen LogP) is 4.37. The van der Waals surface area contributed by atoms with Gasteiger partial charge in [-0.05, 0) is 55.0 Å². The number of likely N-dealkylation sites (N-methyl/N-ethyl adjacent to an activating group) is 1. The van der Waals surface area contributed by atoms with E-state index in [1.165, 1.54) is 23.1 Å². The average Bonchev–Trinajstić information content (AvgIpc) is 3.26. The van der Waals surface area contributed by atoms with Crippen molar-refractivity contribution in [1.29, 1.82) is 0 Å². The monoisotopic (exact) mass is 439 g/mol. The summed E-state index contributed by atoms with van der Waals surface area (Å²) in [5.74, 6) is -0.995. The first-order valence-corrected chi connectivity index (χ1v) is 10.6. The fourth-order valence-electron chi connectivity index (χ4n) is 4.03. The van der Waals surface area contributed by atoms with Gasteiger partial charge < -0.3 is 14.4 Å². The molecule has 160 valence electrons. The molecule has 0 bridgehead atoms. The zero-order valence-corrected chi connectivity index (χ0v) is 17.9. The minimum Gasteiger partial charge on any atom is -0.348 e. The lowest BCUT2D eigenvalue weighted by atomic mass is 9.99. The van der Waals surface area contributed by atoms with Gasteiger partial charge in [-0.25, -0.2) is 4.39 Å². The molecule has 5 nitrogen and oxygen atoms in total. The van der Waals surface area contributed by atoms with Crippen LogP contribution in [0, 0.1) is 5.82 Å². The van der Waals surface area contributed by atoms with Crippen LogP contribution in [0.3, 0.4) is 0 Å². The minimum absolute atomic E-state index is 0.0728. The van der Waals surface area contributed by atoms with E-state index in [2.05, 4.69) is 4.57 Å². The van der Waals surface area contributed by atoms with Crippen molar-refractivity contribution < 1.29 is 14.0 Å². The lowest BCUT2D eigenvalue weighted by Crippen LogP contribution is -2.48. The number of halogens is 2. The number of hydrogen-bond donors (Lipinski definition) is 0. The topological polar surface area (TPSA) is 45.6 Å². The fraction of sp³-hybridized carbons (Fsp3) is 0.250. The smallest absolute Gasteiger partial charge is 0.254 e. The van der Waals surface area contributed by atoms with Crippen molar-refractivity contribution >= 4 is 23.4 Å². The molecule has 2 amide bonds. The summed E-state index contributed by atoms with van der Waals surface area (Å²) in [6.45, 7) is 3.29. The molecule has 0 spiro atoms. The fourth-order valence-corrected chi connectivity index (χ4v) is 4.16. The van der Waals surface area contributed by atoms with Crippen LogP contribution >= 0.6 is 11.6 Å². The molecule has 0 unspecified atom stereocenters. The normalized spacial score (nSPS) is 15.5. The molecule has 2 aromatic carbocycles. The van der Waals surface area contributed by atoms with Crippen LogP contribution in [0.15, 0.2) is 66.9 Å². The summed E-state index contributed by atoms with van der Waals surface area (Å²) in [7, 11) is 0. The highest BCUT2D eigenvalue weighted by molar-refractivity contribution is 6.30. The van der Waals surface area contributed by atoms with Gasteiger partial charge in [-0.15, -0.1) is 0 Å². The number of hydrogen-bond acceptors (Lipinski definition) is 2. The summed E-state index contributed by atoms with van der Waals surface area (Å²) in [6, 6.07) is 16.7. The Labute approximate surface area is 185 Å².